The second-order valence-electron chi connectivity index (χ2n) is 8.16. The van der Waals surface area contributed by atoms with Crippen molar-refractivity contribution in [3.63, 3.8) is 0 Å². The number of amides is 1. The molecule has 2 N–H and O–H groups in total. The maximum Gasteiger partial charge on any atom is 0.295 e. The van der Waals surface area contributed by atoms with Gasteiger partial charge in [-0.1, -0.05) is 17.7 Å². The number of ether oxygens (including phenoxy) is 2. The summed E-state index contributed by atoms with van der Waals surface area (Å²) in [4.78, 5) is 29.6. The van der Waals surface area contributed by atoms with Crippen molar-refractivity contribution in [2.24, 2.45) is 0 Å². The number of methoxy groups -OCH3 is 1. The quantitative estimate of drug-likeness (QED) is 0.359. The van der Waals surface area contributed by atoms with Crippen molar-refractivity contribution in [2.75, 3.05) is 40.9 Å². The molecule has 0 radical (unpaired) electrons. The summed E-state index contributed by atoms with van der Waals surface area (Å²) in [5.41, 5.74) is 1.70. The Morgan fingerprint density at radius 3 is 2.48 bits per heavy atom. The van der Waals surface area contributed by atoms with Gasteiger partial charge in [0.2, 0.25) is 0 Å². The summed E-state index contributed by atoms with van der Waals surface area (Å²) in [6.07, 6.45) is 0. The third-order valence-corrected chi connectivity index (χ3v) is 5.54. The number of phenolic OH excluding ortho intramolecular Hbond substituents is 1. The molecule has 1 aliphatic heterocycles. The molecule has 2 aromatic rings. The maximum absolute atomic E-state index is 13.2. The lowest BCUT2D eigenvalue weighted by molar-refractivity contribution is -0.140. The van der Waals surface area contributed by atoms with E-state index in [-0.39, 0.29) is 29.4 Å². The molecule has 1 aliphatic rings. The molecular formula is C25H30N2O6. The number of ketones is 1. The maximum atomic E-state index is 13.2. The van der Waals surface area contributed by atoms with E-state index in [1.165, 1.54) is 18.1 Å². The molecule has 0 saturated carbocycles. The monoisotopic (exact) mass is 454 g/mol. The van der Waals surface area contributed by atoms with E-state index in [0.717, 1.165) is 5.56 Å². The van der Waals surface area contributed by atoms with Crippen LogP contribution in [0.15, 0.2) is 42.0 Å². The van der Waals surface area contributed by atoms with E-state index in [1.54, 1.807) is 31.2 Å². The average molecular weight is 455 g/mol. The van der Waals surface area contributed by atoms with Gasteiger partial charge < -0.3 is 29.5 Å². The normalized spacial score (nSPS) is 17.6. The predicted octanol–water partition coefficient (Wildman–Crippen LogP) is 3.09. The fourth-order valence-corrected chi connectivity index (χ4v) is 3.89. The zero-order valence-corrected chi connectivity index (χ0v) is 19.6. The SMILES string of the molecule is CCOc1cc(C2/C(=C(\O)c3cc(C)ccc3OC)C(=O)C(=O)N2CCN(C)C)ccc1O. The molecule has 0 aromatic heterocycles. The number of aliphatic hydroxyl groups excluding tert-OH is 1. The molecule has 1 heterocycles. The predicted molar refractivity (Wildman–Crippen MR) is 125 cm³/mol. The fraction of sp³-hybridized carbons (Fsp3) is 0.360. The van der Waals surface area contributed by atoms with Gasteiger partial charge in [-0.15, -0.1) is 0 Å². The third kappa shape index (κ3) is 4.80. The average Bonchev–Trinajstić information content (AvgIpc) is 3.03. The number of rotatable bonds is 8. The summed E-state index contributed by atoms with van der Waals surface area (Å²) in [6, 6.07) is 9.07. The van der Waals surface area contributed by atoms with Crippen LogP contribution in [0.3, 0.4) is 0 Å². The van der Waals surface area contributed by atoms with Gasteiger partial charge >= 0.3 is 0 Å². The number of carbonyl (C=O) groups is 2. The number of hydrogen-bond donors (Lipinski definition) is 2. The lowest BCUT2D eigenvalue weighted by Gasteiger charge is -2.27. The Labute approximate surface area is 193 Å². The van der Waals surface area contributed by atoms with Crippen molar-refractivity contribution in [3.8, 4) is 17.2 Å². The minimum Gasteiger partial charge on any atom is -0.507 e. The smallest absolute Gasteiger partial charge is 0.295 e. The molecule has 0 bridgehead atoms. The lowest BCUT2D eigenvalue weighted by Crippen LogP contribution is -2.35. The Balaban J connectivity index is 2.24. The van der Waals surface area contributed by atoms with Crippen LogP contribution in [0.2, 0.25) is 0 Å². The first-order valence-electron chi connectivity index (χ1n) is 10.7. The molecule has 1 fully saturated rings. The van der Waals surface area contributed by atoms with E-state index in [4.69, 9.17) is 9.47 Å². The van der Waals surface area contributed by atoms with Gasteiger partial charge in [-0.25, -0.2) is 0 Å². The summed E-state index contributed by atoms with van der Waals surface area (Å²) in [5, 5.41) is 21.5. The molecule has 0 aliphatic carbocycles. The number of nitrogens with zero attached hydrogens (tertiary/aromatic N) is 2. The van der Waals surface area contributed by atoms with E-state index in [1.807, 2.05) is 32.0 Å². The second-order valence-corrected chi connectivity index (χ2v) is 8.16. The van der Waals surface area contributed by atoms with Crippen LogP contribution in [0, 0.1) is 6.92 Å². The zero-order chi connectivity index (χ0) is 24.3. The van der Waals surface area contributed by atoms with Gasteiger partial charge in [0, 0.05) is 13.1 Å². The zero-order valence-electron chi connectivity index (χ0n) is 19.6. The van der Waals surface area contributed by atoms with E-state index < -0.39 is 17.7 Å². The van der Waals surface area contributed by atoms with E-state index in [2.05, 4.69) is 0 Å². The van der Waals surface area contributed by atoms with Crippen LogP contribution in [-0.4, -0.2) is 72.6 Å². The molecule has 1 saturated heterocycles. The Morgan fingerprint density at radius 1 is 1.12 bits per heavy atom. The number of aliphatic hydroxyl groups is 1. The molecule has 1 unspecified atom stereocenters. The standard InChI is InChI=1S/C25H30N2O6/c1-6-33-20-14-16(8-9-18(20)28)22-21(24(30)25(31)27(22)12-11-26(3)4)23(29)17-13-15(2)7-10-19(17)32-5/h7-10,13-14,22,28-29H,6,11-12H2,1-5H3/b23-21+. The minimum atomic E-state index is -0.852. The number of hydrogen-bond acceptors (Lipinski definition) is 7. The van der Waals surface area contributed by atoms with Gasteiger partial charge in [0.25, 0.3) is 11.7 Å². The summed E-state index contributed by atoms with van der Waals surface area (Å²) in [6.45, 7) is 4.78. The molecule has 1 amide bonds. The Morgan fingerprint density at radius 2 is 1.85 bits per heavy atom. The number of phenols is 1. The third-order valence-electron chi connectivity index (χ3n) is 5.54. The molecule has 1 atom stereocenters. The fourth-order valence-electron chi connectivity index (χ4n) is 3.89. The van der Waals surface area contributed by atoms with Gasteiger partial charge in [-0.3, -0.25) is 9.59 Å². The molecule has 2 aromatic carbocycles. The first-order chi connectivity index (χ1) is 15.7. The van der Waals surface area contributed by atoms with Crippen LogP contribution >= 0.6 is 0 Å². The molecule has 176 valence electrons. The summed E-state index contributed by atoms with van der Waals surface area (Å²) < 4.78 is 10.9. The highest BCUT2D eigenvalue weighted by molar-refractivity contribution is 6.46. The van der Waals surface area contributed by atoms with Gasteiger partial charge in [-0.05, 0) is 57.8 Å². The van der Waals surface area contributed by atoms with E-state index >= 15 is 0 Å². The van der Waals surface area contributed by atoms with Crippen molar-refractivity contribution in [1.29, 1.82) is 0 Å². The highest BCUT2D eigenvalue weighted by atomic mass is 16.5. The molecule has 8 nitrogen and oxygen atoms in total. The van der Waals surface area contributed by atoms with Crippen molar-refractivity contribution in [2.45, 2.75) is 19.9 Å². The molecule has 0 spiro atoms. The van der Waals surface area contributed by atoms with Crippen LogP contribution in [0.25, 0.3) is 5.76 Å². The highest BCUT2D eigenvalue weighted by Gasteiger charge is 2.46. The molecule has 3 rings (SSSR count). The number of aryl methyl sites for hydroxylation is 1. The van der Waals surface area contributed by atoms with Crippen LogP contribution < -0.4 is 9.47 Å². The molecular weight excluding hydrogens is 424 g/mol. The molecule has 8 heteroatoms. The Hall–Kier alpha value is -3.52. The number of Topliss-reactive ketones (excluding diaryl/α,β-unsaturated/α-hetero) is 1. The summed E-state index contributed by atoms with van der Waals surface area (Å²) >= 11 is 0. The lowest BCUT2D eigenvalue weighted by atomic mass is 9.94. The largest absolute Gasteiger partial charge is 0.507 e. The number of benzene rings is 2. The van der Waals surface area contributed by atoms with Crippen molar-refractivity contribution in [1.82, 2.24) is 9.80 Å². The van der Waals surface area contributed by atoms with Crippen molar-refractivity contribution >= 4 is 17.4 Å². The minimum absolute atomic E-state index is 0.0317. The van der Waals surface area contributed by atoms with Gasteiger partial charge in [0.1, 0.15) is 11.5 Å². The van der Waals surface area contributed by atoms with Gasteiger partial charge in [0.05, 0.1) is 30.9 Å². The second kappa shape index (κ2) is 9.95. The number of likely N-dealkylation sites (N-methyl/N-ethyl adjacent to an activating group) is 1. The van der Waals surface area contributed by atoms with Crippen LogP contribution in [0.4, 0.5) is 0 Å². The van der Waals surface area contributed by atoms with Crippen molar-refractivity contribution < 1.29 is 29.3 Å². The van der Waals surface area contributed by atoms with Crippen molar-refractivity contribution in [3.05, 3.63) is 58.7 Å². The Bertz CT molecular complexity index is 1090. The first kappa shape index (κ1) is 24.1. The Kier molecular flexibility index (Phi) is 7.28. The summed E-state index contributed by atoms with van der Waals surface area (Å²) in [5.74, 6) is -1.20. The molecule has 33 heavy (non-hydrogen) atoms. The van der Waals surface area contributed by atoms with Crippen LogP contribution in [0.5, 0.6) is 17.2 Å². The van der Waals surface area contributed by atoms with Crippen LogP contribution in [0.1, 0.15) is 29.7 Å². The van der Waals surface area contributed by atoms with Gasteiger partial charge in [0.15, 0.2) is 11.5 Å². The topological polar surface area (TPSA) is 99.5 Å². The number of carbonyl (C=O) groups excluding carboxylic acids is 2. The first-order valence-corrected chi connectivity index (χ1v) is 10.7. The van der Waals surface area contributed by atoms with Crippen LogP contribution in [-0.2, 0) is 9.59 Å². The highest BCUT2D eigenvalue weighted by Crippen LogP contribution is 2.42. The number of aromatic hydroxyl groups is 1. The van der Waals surface area contributed by atoms with E-state index in [0.29, 0.717) is 30.0 Å². The number of likely N-dealkylation sites (tertiary alicyclic amines) is 1. The van der Waals surface area contributed by atoms with Gasteiger partial charge in [-0.2, -0.15) is 0 Å². The van der Waals surface area contributed by atoms with E-state index in [9.17, 15) is 19.8 Å². The summed E-state index contributed by atoms with van der Waals surface area (Å²) in [7, 11) is 5.22.